The highest BCUT2D eigenvalue weighted by atomic mass is 16.3. The third-order valence-electron chi connectivity index (χ3n) is 11.4. The molecule has 8 nitrogen and oxygen atoms in total. The molecule has 0 aliphatic carbocycles. The average molecular weight is 576 g/mol. The van der Waals surface area contributed by atoms with Crippen LogP contribution in [0.1, 0.15) is 103 Å². The van der Waals surface area contributed by atoms with Crippen molar-refractivity contribution in [3.63, 3.8) is 0 Å². The maximum absolute atomic E-state index is 9.62. The molecular weight excluding hydrogens is 524 g/mol. The van der Waals surface area contributed by atoms with E-state index in [4.69, 9.17) is 31.4 Å². The first kappa shape index (κ1) is 33.3. The van der Waals surface area contributed by atoms with Gasteiger partial charge in [0.2, 0.25) is 0 Å². The molecule has 228 valence electrons. The van der Waals surface area contributed by atoms with E-state index >= 15 is 0 Å². The van der Waals surface area contributed by atoms with Crippen LogP contribution in [0.5, 0.6) is 0 Å². The lowest BCUT2D eigenvalue weighted by Crippen LogP contribution is -2.49. The van der Waals surface area contributed by atoms with Crippen molar-refractivity contribution in [1.29, 1.82) is 0 Å². The van der Waals surface area contributed by atoms with E-state index in [9.17, 15) is 20.4 Å². The first-order chi connectivity index (χ1) is 19.5. The highest BCUT2D eigenvalue weighted by molar-refractivity contribution is 6.15. The van der Waals surface area contributed by atoms with Crippen LogP contribution in [0.3, 0.4) is 0 Å². The predicted molar refractivity (Wildman–Crippen MR) is 169 cm³/mol. The Hall–Kier alpha value is -0.0603. The number of hydrogen-bond donors (Lipinski definition) is 6. The van der Waals surface area contributed by atoms with Crippen LogP contribution in [0, 0.1) is 0 Å². The van der Waals surface area contributed by atoms with Gasteiger partial charge in [-0.05, 0) is 117 Å². The minimum Gasteiger partial charge on any atom is -0.400 e. The molecular formula is C30H52B4N4O4. The van der Waals surface area contributed by atoms with Crippen molar-refractivity contribution < 1.29 is 20.4 Å². The largest absolute Gasteiger partial charge is 0.400 e. The number of aliphatic hydroxyl groups is 4. The van der Waals surface area contributed by atoms with Gasteiger partial charge in [-0.1, -0.05) is 0 Å². The van der Waals surface area contributed by atoms with Crippen LogP contribution < -0.4 is 10.6 Å². The fourth-order valence-corrected chi connectivity index (χ4v) is 9.29. The molecule has 8 radical (unpaired) electrons. The van der Waals surface area contributed by atoms with Gasteiger partial charge in [0.25, 0.3) is 0 Å². The Labute approximate surface area is 259 Å². The average Bonchev–Trinajstić information content (AvgIpc) is 3.51. The number of fused-ring (bicyclic) bond motifs is 8. The van der Waals surface area contributed by atoms with E-state index < -0.39 is 22.0 Å². The van der Waals surface area contributed by atoms with Crippen LogP contribution in [0.15, 0.2) is 0 Å². The van der Waals surface area contributed by atoms with Crippen molar-refractivity contribution in [2.45, 2.75) is 173 Å². The van der Waals surface area contributed by atoms with Gasteiger partial charge in [-0.15, -0.1) is 0 Å². The fraction of sp³-hybridized carbons (Fsp3) is 1.00. The van der Waals surface area contributed by atoms with Gasteiger partial charge in [0.15, 0.2) is 0 Å². The quantitative estimate of drug-likeness (QED) is 0.219. The van der Waals surface area contributed by atoms with E-state index in [1.807, 2.05) is 0 Å². The summed E-state index contributed by atoms with van der Waals surface area (Å²) in [5.74, 6) is 0. The van der Waals surface area contributed by atoms with Gasteiger partial charge >= 0.3 is 0 Å². The molecule has 0 spiro atoms. The number of nitrogens with zero attached hydrogens (tertiary/aromatic N) is 2. The predicted octanol–water partition coefficient (Wildman–Crippen LogP) is -0.284. The molecule has 8 heterocycles. The number of hydrogen-bond acceptors (Lipinski definition) is 8. The summed E-state index contributed by atoms with van der Waals surface area (Å²) in [7, 11) is 26.9. The minimum absolute atomic E-state index is 0.480. The minimum atomic E-state index is -0.878. The van der Waals surface area contributed by atoms with Gasteiger partial charge in [0.1, 0.15) is 31.4 Å². The van der Waals surface area contributed by atoms with Crippen LogP contribution >= 0.6 is 0 Å². The van der Waals surface area contributed by atoms with E-state index in [0.29, 0.717) is 48.3 Å². The molecule has 8 bridgehead atoms. The summed E-state index contributed by atoms with van der Waals surface area (Å²) in [5, 5.41) is 45.0. The summed E-state index contributed by atoms with van der Waals surface area (Å²) in [6.45, 7) is 0. The number of rotatable bonds is 0. The zero-order chi connectivity index (χ0) is 30.5. The zero-order valence-electron chi connectivity index (χ0n) is 25.9. The van der Waals surface area contributed by atoms with Gasteiger partial charge in [0.05, 0.1) is 0 Å². The Morgan fingerprint density at radius 2 is 0.643 bits per heavy atom. The van der Waals surface area contributed by atoms with Crippen molar-refractivity contribution in [2.24, 2.45) is 0 Å². The van der Waals surface area contributed by atoms with Gasteiger partial charge < -0.3 is 40.9 Å². The summed E-state index contributed by atoms with van der Waals surface area (Å²) in [4.78, 5) is 4.72. The van der Waals surface area contributed by atoms with Crippen molar-refractivity contribution in [1.82, 2.24) is 20.4 Å². The van der Waals surface area contributed by atoms with Crippen LogP contribution in [0.4, 0.5) is 0 Å². The molecule has 0 aromatic carbocycles. The lowest BCUT2D eigenvalue weighted by atomic mass is 9.71. The van der Waals surface area contributed by atoms with Crippen molar-refractivity contribution >= 4 is 31.4 Å². The highest BCUT2D eigenvalue weighted by Crippen LogP contribution is 2.39. The summed E-state index contributed by atoms with van der Waals surface area (Å²) >= 11 is 0. The molecule has 8 unspecified atom stereocenters. The normalized spacial score (nSPS) is 52.3. The molecule has 0 aromatic heterocycles. The van der Waals surface area contributed by atoms with Gasteiger partial charge in [-0.2, -0.15) is 0 Å². The summed E-state index contributed by atoms with van der Waals surface area (Å²) in [6, 6.07) is 4.05. The molecule has 8 fully saturated rings. The van der Waals surface area contributed by atoms with Gasteiger partial charge in [-0.25, -0.2) is 0 Å². The lowest BCUT2D eigenvalue weighted by molar-refractivity contribution is 0.0178. The highest BCUT2D eigenvalue weighted by Gasteiger charge is 2.44. The smallest absolute Gasteiger partial charge is 0.113 e. The van der Waals surface area contributed by atoms with Crippen molar-refractivity contribution in [3.05, 3.63) is 0 Å². The SMILES string of the molecule is [B]C1(O)CC2CCC(C1)N2.[B]C1(O)CC2CCC(C1)N2.[B]C1(O)CC2CCC(C1)N2C.[B]C1(O)CC2CCC(C1)N2C. The first-order valence-corrected chi connectivity index (χ1v) is 16.5. The maximum atomic E-state index is 9.62. The van der Waals surface area contributed by atoms with Crippen LogP contribution in [0.2, 0.25) is 0 Å². The molecule has 8 rings (SSSR count). The van der Waals surface area contributed by atoms with Crippen molar-refractivity contribution in [2.75, 3.05) is 14.1 Å². The molecule has 42 heavy (non-hydrogen) atoms. The van der Waals surface area contributed by atoms with E-state index in [0.717, 1.165) is 51.4 Å². The maximum Gasteiger partial charge on any atom is 0.113 e. The molecule has 8 aliphatic rings. The molecule has 8 atom stereocenters. The summed E-state index contributed by atoms with van der Waals surface area (Å²) in [6.07, 6.45) is 15.5. The molecule has 8 saturated heterocycles. The zero-order valence-corrected chi connectivity index (χ0v) is 25.9. The van der Waals surface area contributed by atoms with E-state index in [2.05, 4.69) is 34.5 Å². The topological polar surface area (TPSA) is 111 Å². The fourth-order valence-electron chi connectivity index (χ4n) is 9.29. The number of piperidine rings is 4. The second-order valence-corrected chi connectivity index (χ2v) is 15.4. The second-order valence-electron chi connectivity index (χ2n) is 15.4. The second kappa shape index (κ2) is 12.6. The summed E-state index contributed by atoms with van der Waals surface area (Å²) < 4.78 is 0. The van der Waals surface area contributed by atoms with E-state index in [1.165, 1.54) is 51.4 Å². The van der Waals surface area contributed by atoms with Crippen LogP contribution in [-0.2, 0) is 0 Å². The molecule has 6 N–H and O–H groups in total. The molecule has 8 aliphatic heterocycles. The third kappa shape index (κ3) is 8.60. The molecule has 12 heteroatoms. The van der Waals surface area contributed by atoms with Gasteiger partial charge in [0, 0.05) is 70.3 Å². The Bertz CT molecular complexity index is 796. The summed E-state index contributed by atoms with van der Waals surface area (Å²) in [5.41, 5.74) is -3.51. The molecule has 0 amide bonds. The Balaban J connectivity index is 0.000000112. The molecule has 0 saturated carbocycles. The van der Waals surface area contributed by atoms with Crippen molar-refractivity contribution in [3.8, 4) is 0 Å². The first-order valence-electron chi connectivity index (χ1n) is 16.5. The van der Waals surface area contributed by atoms with Gasteiger partial charge in [-0.3, -0.25) is 0 Å². The Morgan fingerprint density at radius 1 is 0.429 bits per heavy atom. The standard InChI is InChI=1S/2C8H14BNO.2C7H12BNO/c2*1-10-6-2-3-7(10)5-8(9,11)4-6;2*8-7(10)3-5-1-2-6(4-7)9-5/h2*6-7,11H,2-5H2,1H3;2*5-6,9-10H,1-4H2. The Morgan fingerprint density at radius 3 is 0.881 bits per heavy atom. The van der Waals surface area contributed by atoms with E-state index in [1.54, 1.807) is 0 Å². The number of nitrogens with one attached hydrogen (secondary N) is 2. The van der Waals surface area contributed by atoms with Crippen LogP contribution in [0.25, 0.3) is 0 Å². The van der Waals surface area contributed by atoms with E-state index in [-0.39, 0.29) is 0 Å². The Kier molecular flexibility index (Phi) is 10.0. The third-order valence-corrected chi connectivity index (χ3v) is 11.4. The molecule has 0 aromatic rings. The lowest BCUT2D eigenvalue weighted by Gasteiger charge is -2.40. The monoisotopic (exact) mass is 576 g/mol. The van der Waals surface area contributed by atoms with Crippen LogP contribution in [-0.4, -0.2) is 146 Å².